The first-order chi connectivity index (χ1) is 18.5. The van der Waals surface area contributed by atoms with E-state index in [2.05, 4.69) is 13.8 Å². The summed E-state index contributed by atoms with van der Waals surface area (Å²) in [4.78, 5) is 22.6. The van der Waals surface area contributed by atoms with Gasteiger partial charge in [0.05, 0.1) is 0 Å². The quantitative estimate of drug-likeness (QED) is 0.0860. The molecule has 0 saturated heterocycles. The molecule has 0 aromatic heterocycles. The van der Waals surface area contributed by atoms with Crippen LogP contribution in [0.3, 0.4) is 0 Å². The Morgan fingerprint density at radius 3 is 0.868 bits per heavy atom. The molecule has 0 rings (SSSR count). The monoisotopic (exact) mass is 538 g/mol. The van der Waals surface area contributed by atoms with Crippen LogP contribution in [0.15, 0.2) is 0 Å². The summed E-state index contributed by atoms with van der Waals surface area (Å²) >= 11 is 0. The van der Waals surface area contributed by atoms with Crippen LogP contribution in [0.4, 0.5) is 0 Å². The van der Waals surface area contributed by atoms with Crippen molar-refractivity contribution in [1.82, 2.24) is 0 Å². The standard InChI is InChI=1S/C34H66O4/c1-3-5-7-9-11-13-15-17-19-21-23-25-31(27-29-33(35)36)32(28-30-34(37)38)26-24-22-20-18-16-14-12-10-8-6-4-2/h31-32H,3-30H2,1-2H3,(H,35,36)(H,37,38). The molecule has 0 radical (unpaired) electrons. The molecule has 0 fully saturated rings. The number of rotatable bonds is 31. The second-order valence-electron chi connectivity index (χ2n) is 12.0. The lowest BCUT2D eigenvalue weighted by atomic mass is 9.78. The van der Waals surface area contributed by atoms with Gasteiger partial charge in [-0.2, -0.15) is 0 Å². The number of unbranched alkanes of at least 4 members (excludes halogenated alkanes) is 20. The highest BCUT2D eigenvalue weighted by Gasteiger charge is 2.22. The zero-order valence-electron chi connectivity index (χ0n) is 25.7. The number of carbonyl (C=O) groups is 2. The minimum absolute atomic E-state index is 0.213. The third kappa shape index (κ3) is 26.5. The van der Waals surface area contributed by atoms with E-state index in [1.54, 1.807) is 0 Å². The zero-order chi connectivity index (χ0) is 28.1. The number of aliphatic carboxylic acids is 2. The highest BCUT2D eigenvalue weighted by Crippen LogP contribution is 2.32. The van der Waals surface area contributed by atoms with Crippen molar-refractivity contribution in [3.8, 4) is 0 Å². The van der Waals surface area contributed by atoms with E-state index in [0.29, 0.717) is 24.7 Å². The van der Waals surface area contributed by atoms with Gasteiger partial charge in [-0.1, -0.05) is 168 Å². The van der Waals surface area contributed by atoms with Crippen LogP contribution in [-0.2, 0) is 9.59 Å². The molecule has 0 heterocycles. The predicted molar refractivity (Wildman–Crippen MR) is 163 cm³/mol. The van der Waals surface area contributed by atoms with Gasteiger partial charge in [0.25, 0.3) is 0 Å². The Kier molecular flexibility index (Phi) is 28.1. The van der Waals surface area contributed by atoms with Gasteiger partial charge in [0.2, 0.25) is 0 Å². The van der Waals surface area contributed by atoms with Crippen molar-refractivity contribution in [2.75, 3.05) is 0 Å². The Labute approximate surface area is 237 Å². The number of carboxylic acids is 2. The maximum Gasteiger partial charge on any atom is 0.303 e. The van der Waals surface area contributed by atoms with Crippen molar-refractivity contribution < 1.29 is 19.8 Å². The van der Waals surface area contributed by atoms with Gasteiger partial charge in [-0.15, -0.1) is 0 Å². The van der Waals surface area contributed by atoms with Crippen molar-refractivity contribution in [2.24, 2.45) is 11.8 Å². The molecule has 0 aliphatic rings. The van der Waals surface area contributed by atoms with Crippen LogP contribution < -0.4 is 0 Å². The predicted octanol–water partition coefficient (Wildman–Crippen LogP) is 11.4. The summed E-state index contributed by atoms with van der Waals surface area (Å²) in [5.41, 5.74) is 0. The fourth-order valence-electron chi connectivity index (χ4n) is 5.99. The van der Waals surface area contributed by atoms with Gasteiger partial charge in [0.15, 0.2) is 0 Å². The van der Waals surface area contributed by atoms with Gasteiger partial charge < -0.3 is 10.2 Å². The van der Waals surface area contributed by atoms with E-state index in [1.165, 1.54) is 128 Å². The third-order valence-corrected chi connectivity index (χ3v) is 8.48. The van der Waals surface area contributed by atoms with Crippen LogP contribution in [0.1, 0.15) is 194 Å². The second-order valence-corrected chi connectivity index (χ2v) is 12.0. The van der Waals surface area contributed by atoms with E-state index in [9.17, 15) is 19.8 Å². The van der Waals surface area contributed by atoms with E-state index < -0.39 is 11.9 Å². The molecule has 0 bridgehead atoms. The molecule has 0 spiro atoms. The lowest BCUT2D eigenvalue weighted by Crippen LogP contribution is -2.18. The van der Waals surface area contributed by atoms with Crippen LogP contribution in [0.2, 0.25) is 0 Å². The molecule has 4 heteroatoms. The molecule has 2 unspecified atom stereocenters. The molecule has 0 aliphatic carbocycles. The lowest BCUT2D eigenvalue weighted by molar-refractivity contribution is -0.139. The highest BCUT2D eigenvalue weighted by molar-refractivity contribution is 5.67. The molecular formula is C34H66O4. The molecule has 0 saturated carbocycles. The minimum Gasteiger partial charge on any atom is -0.481 e. The second kappa shape index (κ2) is 28.9. The Hall–Kier alpha value is -1.06. The van der Waals surface area contributed by atoms with E-state index in [1.807, 2.05) is 0 Å². The van der Waals surface area contributed by atoms with Crippen LogP contribution in [0.25, 0.3) is 0 Å². The zero-order valence-corrected chi connectivity index (χ0v) is 25.7. The SMILES string of the molecule is CCCCCCCCCCCCCC(CCC(=O)O)C(CCCCCCCCCCCCC)CCC(=O)O. The molecule has 4 nitrogen and oxygen atoms in total. The topological polar surface area (TPSA) is 74.6 Å². The number of carboxylic acid groups (broad SMARTS) is 2. The fourth-order valence-corrected chi connectivity index (χ4v) is 5.99. The van der Waals surface area contributed by atoms with Gasteiger partial charge in [0.1, 0.15) is 0 Å². The van der Waals surface area contributed by atoms with Crippen LogP contribution in [0.5, 0.6) is 0 Å². The summed E-state index contributed by atoms with van der Waals surface area (Å²) in [6, 6.07) is 0. The van der Waals surface area contributed by atoms with E-state index >= 15 is 0 Å². The van der Waals surface area contributed by atoms with Gasteiger partial charge >= 0.3 is 11.9 Å². The number of hydrogen-bond donors (Lipinski definition) is 2. The Balaban J connectivity index is 4.32. The van der Waals surface area contributed by atoms with Gasteiger partial charge in [-0.3, -0.25) is 9.59 Å². The maximum absolute atomic E-state index is 11.3. The van der Waals surface area contributed by atoms with E-state index in [4.69, 9.17) is 0 Å². The van der Waals surface area contributed by atoms with Crippen LogP contribution >= 0.6 is 0 Å². The summed E-state index contributed by atoms with van der Waals surface area (Å²) in [5.74, 6) is -0.736. The fraction of sp³-hybridized carbons (Fsp3) is 0.941. The summed E-state index contributed by atoms with van der Waals surface area (Å²) < 4.78 is 0. The van der Waals surface area contributed by atoms with Gasteiger partial charge in [-0.25, -0.2) is 0 Å². The first kappa shape index (κ1) is 36.9. The van der Waals surface area contributed by atoms with E-state index in [-0.39, 0.29) is 12.8 Å². The molecule has 0 aromatic carbocycles. The molecule has 38 heavy (non-hydrogen) atoms. The average molecular weight is 539 g/mol. The first-order valence-electron chi connectivity index (χ1n) is 16.9. The lowest BCUT2D eigenvalue weighted by Gasteiger charge is -2.27. The Morgan fingerprint density at radius 1 is 0.395 bits per heavy atom. The Morgan fingerprint density at radius 2 is 0.632 bits per heavy atom. The molecule has 2 atom stereocenters. The normalized spacial score (nSPS) is 13.0. The van der Waals surface area contributed by atoms with Crippen molar-refractivity contribution in [1.29, 1.82) is 0 Å². The van der Waals surface area contributed by atoms with Crippen molar-refractivity contribution in [3.05, 3.63) is 0 Å². The summed E-state index contributed by atoms with van der Waals surface area (Å²) in [6.45, 7) is 4.53. The van der Waals surface area contributed by atoms with Crippen molar-refractivity contribution in [3.63, 3.8) is 0 Å². The van der Waals surface area contributed by atoms with Crippen molar-refractivity contribution >= 4 is 11.9 Å². The van der Waals surface area contributed by atoms with Gasteiger partial charge in [0, 0.05) is 12.8 Å². The first-order valence-corrected chi connectivity index (χ1v) is 16.9. The van der Waals surface area contributed by atoms with Gasteiger partial charge in [-0.05, 0) is 24.7 Å². The smallest absolute Gasteiger partial charge is 0.303 e. The molecular weight excluding hydrogens is 472 g/mol. The number of hydrogen-bond acceptors (Lipinski definition) is 2. The summed E-state index contributed by atoms with van der Waals surface area (Å²) in [7, 11) is 0. The van der Waals surface area contributed by atoms with Crippen LogP contribution in [0, 0.1) is 11.8 Å². The molecule has 0 aliphatic heterocycles. The molecule has 226 valence electrons. The Bertz CT molecular complexity index is 473. The average Bonchev–Trinajstić information content (AvgIpc) is 2.89. The van der Waals surface area contributed by atoms with Crippen molar-refractivity contribution in [2.45, 2.75) is 194 Å². The molecule has 0 amide bonds. The minimum atomic E-state index is -0.722. The molecule has 0 aromatic rings. The maximum atomic E-state index is 11.3. The summed E-state index contributed by atoms with van der Waals surface area (Å²) in [6.07, 6.45) is 33.0. The highest BCUT2D eigenvalue weighted by atomic mass is 16.4. The summed E-state index contributed by atoms with van der Waals surface area (Å²) in [5, 5.41) is 18.6. The van der Waals surface area contributed by atoms with Crippen LogP contribution in [-0.4, -0.2) is 22.2 Å². The third-order valence-electron chi connectivity index (χ3n) is 8.48. The molecule has 2 N–H and O–H groups in total. The largest absolute Gasteiger partial charge is 0.481 e. The van der Waals surface area contributed by atoms with E-state index in [0.717, 1.165) is 25.7 Å².